The van der Waals surface area contributed by atoms with Crippen molar-refractivity contribution < 1.29 is 27.0 Å². The van der Waals surface area contributed by atoms with E-state index >= 15 is 0 Å². The predicted octanol–water partition coefficient (Wildman–Crippen LogP) is 3.88. The van der Waals surface area contributed by atoms with Crippen LogP contribution in [0.25, 0.3) is 0 Å². The van der Waals surface area contributed by atoms with Gasteiger partial charge in [0.05, 0.1) is 11.3 Å². The van der Waals surface area contributed by atoms with Gasteiger partial charge in [0.2, 0.25) is 0 Å². The monoisotopic (exact) mass is 364 g/mol. The molecule has 2 aliphatic carbocycles. The maximum atomic E-state index is 11.8. The molecule has 0 aliphatic heterocycles. The van der Waals surface area contributed by atoms with E-state index in [1.54, 1.807) is 18.2 Å². The molecular weight excluding hydrogens is 344 g/mol. The Balaban J connectivity index is 0.000000412. The second-order valence-electron chi connectivity index (χ2n) is 5.07. The molecule has 0 saturated carbocycles. The molecule has 2 aliphatic rings. The third kappa shape index (κ3) is 6.03. The Hall–Kier alpha value is -2.36. The van der Waals surface area contributed by atoms with E-state index < -0.39 is 5.91 Å². The number of allylic oxidation sites excluding steroid dienone is 8. The number of amides is 1. The van der Waals surface area contributed by atoms with Gasteiger partial charge in [-0.2, -0.15) is 5.10 Å². The molecule has 4 nitrogen and oxygen atoms in total. The second-order valence-corrected chi connectivity index (χ2v) is 5.07. The molecule has 2 N–H and O–H groups in total. The molecular formula is C19H20FeN2O2. The molecule has 0 saturated heterocycles. The topological polar surface area (TPSA) is 61.7 Å². The van der Waals surface area contributed by atoms with Gasteiger partial charge in [-0.15, -0.1) is 0 Å². The number of phenolic OH excluding ortho intramolecular Hbond substituents is 1. The normalized spacial score (nSPS) is 14.5. The molecule has 0 aromatic heterocycles. The van der Waals surface area contributed by atoms with Crippen molar-refractivity contribution in [2.75, 3.05) is 0 Å². The molecule has 5 heteroatoms. The number of nitrogens with one attached hydrogen (secondary N) is 1. The Morgan fingerprint density at radius 1 is 1.12 bits per heavy atom. The van der Waals surface area contributed by atoms with Crippen LogP contribution in [0.4, 0.5) is 0 Å². The van der Waals surface area contributed by atoms with E-state index in [-0.39, 0.29) is 28.4 Å². The molecule has 0 heterocycles. The fourth-order valence-corrected chi connectivity index (χ4v) is 2.04. The zero-order valence-corrected chi connectivity index (χ0v) is 14.5. The third-order valence-corrected chi connectivity index (χ3v) is 3.37. The average Bonchev–Trinajstić information content (AvgIpc) is 3.28. The standard InChI is InChI=1S/C14H14N2O2.C5H6.Fe/c1-10(11-6-2-3-7-11)15-16-14(18)12-8-4-5-9-13(12)17;1-2-4-5-3-1;/h2-6,8-9,17H,7H2,1H3,(H,16,18);1-4H,5H2;/b15-10+;;. The largest absolute Gasteiger partial charge is 0.507 e. The van der Waals surface area contributed by atoms with Crippen LogP contribution in [-0.2, 0) is 17.1 Å². The van der Waals surface area contributed by atoms with Crippen molar-refractivity contribution in [1.29, 1.82) is 0 Å². The number of nitrogens with zero attached hydrogens (tertiary/aromatic N) is 1. The van der Waals surface area contributed by atoms with E-state index in [4.69, 9.17) is 0 Å². The minimum atomic E-state index is -0.418. The smallest absolute Gasteiger partial charge is 0.275 e. The number of hydrazone groups is 1. The fraction of sp³-hybridized carbons (Fsp3) is 0.158. The molecule has 0 fully saturated rings. The Morgan fingerprint density at radius 2 is 1.83 bits per heavy atom. The van der Waals surface area contributed by atoms with Gasteiger partial charge < -0.3 is 5.11 Å². The van der Waals surface area contributed by atoms with Crippen molar-refractivity contribution in [2.24, 2.45) is 5.10 Å². The molecule has 1 aromatic carbocycles. The number of aromatic hydroxyl groups is 1. The van der Waals surface area contributed by atoms with Crippen molar-refractivity contribution in [3.63, 3.8) is 0 Å². The van der Waals surface area contributed by atoms with Crippen LogP contribution in [-0.4, -0.2) is 16.7 Å². The van der Waals surface area contributed by atoms with Crippen LogP contribution < -0.4 is 5.43 Å². The number of phenols is 1. The van der Waals surface area contributed by atoms with Gasteiger partial charge in [0.25, 0.3) is 5.91 Å². The van der Waals surface area contributed by atoms with Crippen LogP contribution in [0.3, 0.4) is 0 Å². The van der Waals surface area contributed by atoms with Crippen molar-refractivity contribution in [3.8, 4) is 5.75 Å². The van der Waals surface area contributed by atoms with E-state index in [2.05, 4.69) is 34.8 Å². The number of para-hydroxylation sites is 1. The summed E-state index contributed by atoms with van der Waals surface area (Å²) in [5, 5.41) is 13.5. The van der Waals surface area contributed by atoms with E-state index in [9.17, 15) is 9.90 Å². The summed E-state index contributed by atoms with van der Waals surface area (Å²) in [7, 11) is 0. The Kier molecular flexibility index (Phi) is 8.55. The minimum Gasteiger partial charge on any atom is -0.507 e. The maximum Gasteiger partial charge on any atom is 0.275 e. The van der Waals surface area contributed by atoms with Gasteiger partial charge in [0.15, 0.2) is 0 Å². The molecule has 126 valence electrons. The summed E-state index contributed by atoms with van der Waals surface area (Å²) in [5.74, 6) is -0.469. The van der Waals surface area contributed by atoms with Gasteiger partial charge in [-0.3, -0.25) is 4.79 Å². The van der Waals surface area contributed by atoms with E-state index in [0.29, 0.717) is 0 Å². The van der Waals surface area contributed by atoms with Crippen molar-refractivity contribution in [2.45, 2.75) is 19.8 Å². The number of carbonyl (C=O) groups excluding carboxylic acids is 1. The first-order valence-corrected chi connectivity index (χ1v) is 7.49. The Labute approximate surface area is 152 Å². The molecule has 1 aromatic rings. The Bertz CT molecular complexity index is 706. The van der Waals surface area contributed by atoms with Crippen molar-refractivity contribution in [1.82, 2.24) is 5.43 Å². The van der Waals surface area contributed by atoms with Gasteiger partial charge in [0.1, 0.15) is 5.75 Å². The summed E-state index contributed by atoms with van der Waals surface area (Å²) in [6, 6.07) is 6.37. The zero-order valence-electron chi connectivity index (χ0n) is 13.4. The van der Waals surface area contributed by atoms with E-state index in [1.165, 1.54) is 6.07 Å². The summed E-state index contributed by atoms with van der Waals surface area (Å²) in [5.41, 5.74) is 4.50. The number of hydrogen-bond acceptors (Lipinski definition) is 3. The number of benzene rings is 1. The summed E-state index contributed by atoms with van der Waals surface area (Å²) in [6.45, 7) is 1.84. The molecule has 3 rings (SSSR count). The molecule has 0 atom stereocenters. The third-order valence-electron chi connectivity index (χ3n) is 3.37. The fourth-order valence-electron chi connectivity index (χ4n) is 2.04. The van der Waals surface area contributed by atoms with Crippen molar-refractivity contribution in [3.05, 3.63) is 77.9 Å². The maximum absolute atomic E-state index is 11.8. The number of hydrogen-bond donors (Lipinski definition) is 2. The Morgan fingerprint density at radius 3 is 2.38 bits per heavy atom. The van der Waals surface area contributed by atoms with E-state index in [0.717, 1.165) is 24.1 Å². The summed E-state index contributed by atoms with van der Waals surface area (Å²) < 4.78 is 0. The first kappa shape index (κ1) is 19.7. The SMILES string of the molecule is C/C(=N\NC(=O)c1ccccc1O)C1=CC=CC1.C1=CCC=C1.[Fe]. The van der Waals surface area contributed by atoms with Crippen LogP contribution in [0, 0.1) is 0 Å². The van der Waals surface area contributed by atoms with E-state index in [1.807, 2.05) is 25.2 Å². The van der Waals surface area contributed by atoms with Crippen LogP contribution in [0.1, 0.15) is 30.1 Å². The molecule has 1 amide bonds. The predicted molar refractivity (Wildman–Crippen MR) is 93.4 cm³/mol. The quantitative estimate of drug-likeness (QED) is 0.486. The van der Waals surface area contributed by atoms with Gasteiger partial charge in [0, 0.05) is 17.1 Å². The zero-order chi connectivity index (χ0) is 16.5. The average molecular weight is 364 g/mol. The molecule has 24 heavy (non-hydrogen) atoms. The molecule has 0 radical (unpaired) electrons. The van der Waals surface area contributed by atoms with Crippen LogP contribution in [0.5, 0.6) is 5.75 Å². The van der Waals surface area contributed by atoms with Crippen LogP contribution in [0.2, 0.25) is 0 Å². The number of carbonyl (C=O) groups is 1. The second kappa shape index (κ2) is 10.4. The van der Waals surface area contributed by atoms with Crippen LogP contribution in [0.15, 0.2) is 77.5 Å². The van der Waals surface area contributed by atoms with Gasteiger partial charge in [-0.05, 0) is 37.5 Å². The summed E-state index contributed by atoms with van der Waals surface area (Å²) in [6.07, 6.45) is 16.3. The minimum absolute atomic E-state index is 0. The summed E-state index contributed by atoms with van der Waals surface area (Å²) in [4.78, 5) is 11.8. The van der Waals surface area contributed by atoms with Gasteiger partial charge in [-0.25, -0.2) is 5.43 Å². The number of rotatable bonds is 3. The van der Waals surface area contributed by atoms with Crippen molar-refractivity contribution >= 4 is 11.6 Å². The van der Waals surface area contributed by atoms with Gasteiger partial charge in [-0.1, -0.05) is 54.7 Å². The first-order chi connectivity index (χ1) is 11.2. The first-order valence-electron chi connectivity index (χ1n) is 7.49. The molecule has 0 spiro atoms. The molecule has 0 bridgehead atoms. The van der Waals surface area contributed by atoms with Gasteiger partial charge >= 0.3 is 0 Å². The van der Waals surface area contributed by atoms with Crippen LogP contribution >= 0.6 is 0 Å². The summed E-state index contributed by atoms with van der Waals surface area (Å²) >= 11 is 0. The molecule has 0 unspecified atom stereocenters.